The van der Waals surface area contributed by atoms with Crippen molar-refractivity contribution in [1.29, 1.82) is 5.41 Å². The van der Waals surface area contributed by atoms with Gasteiger partial charge in [0.15, 0.2) is 12.3 Å². The van der Waals surface area contributed by atoms with Crippen LogP contribution in [0.5, 0.6) is 0 Å². The van der Waals surface area contributed by atoms with Gasteiger partial charge < -0.3 is 15.0 Å². The summed E-state index contributed by atoms with van der Waals surface area (Å²) in [6.45, 7) is 0. The molecule has 1 aromatic carbocycles. The molecule has 3 N–H and O–H groups in total. The van der Waals surface area contributed by atoms with E-state index in [9.17, 15) is 4.79 Å². The van der Waals surface area contributed by atoms with Crippen LogP contribution in [0.25, 0.3) is 17.3 Å². The Morgan fingerprint density at radius 1 is 1.27 bits per heavy atom. The molecule has 0 bridgehead atoms. The van der Waals surface area contributed by atoms with Gasteiger partial charge in [0.05, 0.1) is 0 Å². The summed E-state index contributed by atoms with van der Waals surface area (Å²) in [7, 11) is 1.64. The van der Waals surface area contributed by atoms with Crippen LogP contribution in [0, 0.1) is 5.41 Å². The quantitative estimate of drug-likeness (QED) is 0.298. The van der Waals surface area contributed by atoms with Crippen LogP contribution in [0.4, 0.5) is 5.69 Å². The number of anilines is 1. The predicted molar refractivity (Wildman–Crippen MR) is 120 cm³/mol. The summed E-state index contributed by atoms with van der Waals surface area (Å²) in [5, 5.41) is 9.83. The Morgan fingerprint density at radius 3 is 2.80 bits per heavy atom. The van der Waals surface area contributed by atoms with Crippen molar-refractivity contribution >= 4 is 30.0 Å². The number of rotatable bonds is 8. The number of aryl methyl sites for hydroxylation is 1. The van der Waals surface area contributed by atoms with Gasteiger partial charge in [-0.05, 0) is 48.4 Å². The third-order valence-corrected chi connectivity index (χ3v) is 4.45. The number of aromatic amines is 1. The number of carbonyl (C=O) groups is 1. The molecule has 0 atom stereocenters. The molecule has 0 aliphatic carbocycles. The highest BCUT2D eigenvalue weighted by molar-refractivity contribution is 6.02. The van der Waals surface area contributed by atoms with Gasteiger partial charge in [-0.3, -0.25) is 20.2 Å². The van der Waals surface area contributed by atoms with E-state index in [1.165, 1.54) is 6.08 Å². The molecule has 2 aromatic heterocycles. The third-order valence-electron chi connectivity index (χ3n) is 4.45. The molecule has 0 spiro atoms. The van der Waals surface area contributed by atoms with Crippen LogP contribution in [0.15, 0.2) is 72.1 Å². The fraction of sp³-hybridized carbons (Fsp3) is 0.130. The molecular formula is C23H23N5O2. The van der Waals surface area contributed by atoms with E-state index in [0.717, 1.165) is 35.2 Å². The molecule has 0 aliphatic heterocycles. The number of aliphatic imine (C=N–C) groups is 1. The van der Waals surface area contributed by atoms with E-state index in [0.29, 0.717) is 18.0 Å². The van der Waals surface area contributed by atoms with Gasteiger partial charge in [-0.25, -0.2) is 0 Å². The number of hydrogen-bond donors (Lipinski definition) is 3. The van der Waals surface area contributed by atoms with Gasteiger partial charge in [-0.2, -0.15) is 0 Å². The molecule has 3 aromatic rings. The highest BCUT2D eigenvalue weighted by Crippen LogP contribution is 2.22. The molecule has 152 valence electrons. The van der Waals surface area contributed by atoms with Crippen LogP contribution < -0.4 is 5.32 Å². The number of ether oxygens (including phenoxy) is 1. The van der Waals surface area contributed by atoms with Gasteiger partial charge in [0.25, 0.3) is 0 Å². The largest absolute Gasteiger partial charge is 0.432 e. The second-order valence-electron chi connectivity index (χ2n) is 6.42. The van der Waals surface area contributed by atoms with Crippen LogP contribution >= 0.6 is 0 Å². The average molecular weight is 401 g/mol. The Kier molecular flexibility index (Phi) is 7.27. The molecule has 30 heavy (non-hydrogen) atoms. The lowest BCUT2D eigenvalue weighted by atomic mass is 10.1. The molecule has 7 nitrogen and oxygen atoms in total. The Morgan fingerprint density at radius 2 is 2.10 bits per heavy atom. The van der Waals surface area contributed by atoms with Crippen LogP contribution in [0.1, 0.15) is 17.5 Å². The first kappa shape index (κ1) is 20.7. The van der Waals surface area contributed by atoms with Gasteiger partial charge in [-0.15, -0.1) is 0 Å². The molecule has 7 heteroatoms. The number of pyridine rings is 1. The number of carbonyl (C=O) groups excluding carboxylic acids is 1. The van der Waals surface area contributed by atoms with Crippen molar-refractivity contribution in [2.75, 3.05) is 12.4 Å². The molecule has 1 amide bonds. The van der Waals surface area contributed by atoms with Gasteiger partial charge in [0.1, 0.15) is 0 Å². The summed E-state index contributed by atoms with van der Waals surface area (Å²) in [5.41, 5.74) is 4.60. The summed E-state index contributed by atoms with van der Waals surface area (Å²) in [5.74, 6) is 0.297. The van der Waals surface area contributed by atoms with Crippen molar-refractivity contribution in [1.82, 2.24) is 9.97 Å². The first-order valence-corrected chi connectivity index (χ1v) is 9.46. The average Bonchev–Trinajstić information content (AvgIpc) is 3.31. The smallest absolute Gasteiger partial charge is 0.248 e. The van der Waals surface area contributed by atoms with E-state index >= 15 is 0 Å². The SMILES string of the molecule is CN=C(CCc1ccc(NC(=O)/C=C/c2cnccc2-c2ccc[nH]2)cc1)OC=N. The first-order valence-electron chi connectivity index (χ1n) is 9.46. The minimum atomic E-state index is -0.219. The second kappa shape index (κ2) is 10.5. The van der Waals surface area contributed by atoms with Gasteiger partial charge in [0.2, 0.25) is 5.91 Å². The maximum Gasteiger partial charge on any atom is 0.248 e. The van der Waals surface area contributed by atoms with Gasteiger partial charge in [-0.1, -0.05) is 12.1 Å². The van der Waals surface area contributed by atoms with Crippen molar-refractivity contribution in [2.24, 2.45) is 4.99 Å². The van der Waals surface area contributed by atoms with Crippen molar-refractivity contribution in [2.45, 2.75) is 12.8 Å². The molecule has 2 heterocycles. The molecule has 0 radical (unpaired) electrons. The number of benzene rings is 1. The van der Waals surface area contributed by atoms with E-state index in [2.05, 4.69) is 20.3 Å². The van der Waals surface area contributed by atoms with E-state index in [-0.39, 0.29) is 5.91 Å². The van der Waals surface area contributed by atoms with Crippen LogP contribution in [-0.2, 0) is 16.0 Å². The fourth-order valence-corrected chi connectivity index (χ4v) is 2.93. The lowest BCUT2D eigenvalue weighted by Crippen LogP contribution is -2.08. The Bertz CT molecular complexity index is 1040. The number of H-pyrrole nitrogens is 1. The minimum Gasteiger partial charge on any atom is -0.432 e. The lowest BCUT2D eigenvalue weighted by Gasteiger charge is -2.06. The van der Waals surface area contributed by atoms with E-state index in [1.54, 1.807) is 25.5 Å². The fourth-order valence-electron chi connectivity index (χ4n) is 2.93. The summed E-state index contributed by atoms with van der Waals surface area (Å²) in [6.07, 6.45) is 10.8. The number of amides is 1. The number of hydrogen-bond acceptors (Lipinski definition) is 5. The van der Waals surface area contributed by atoms with E-state index in [1.807, 2.05) is 48.7 Å². The van der Waals surface area contributed by atoms with Gasteiger partial charge >= 0.3 is 0 Å². The lowest BCUT2D eigenvalue weighted by molar-refractivity contribution is -0.111. The van der Waals surface area contributed by atoms with Crippen molar-refractivity contribution in [3.05, 3.63) is 78.3 Å². The standard InChI is InChI=1S/C23H23N5O2/c1-25-23(30-16-24)11-6-17-4-8-19(9-5-17)28-22(29)10-7-18-15-26-14-12-20(18)21-3-2-13-27-21/h2-5,7-10,12-16,24,27H,6,11H2,1H3,(H,28,29)/b10-7+,24-16?,25-23?. The number of aromatic nitrogens is 2. The summed E-state index contributed by atoms with van der Waals surface area (Å²) < 4.78 is 5.01. The normalized spacial score (nSPS) is 11.4. The molecule has 0 fully saturated rings. The predicted octanol–water partition coefficient (Wildman–Crippen LogP) is 4.31. The Hall–Kier alpha value is -4.00. The summed E-state index contributed by atoms with van der Waals surface area (Å²) >= 11 is 0. The first-order chi connectivity index (χ1) is 14.7. The van der Waals surface area contributed by atoms with Crippen LogP contribution in [0.3, 0.4) is 0 Å². The zero-order chi connectivity index (χ0) is 21.2. The minimum absolute atomic E-state index is 0.219. The summed E-state index contributed by atoms with van der Waals surface area (Å²) in [6, 6.07) is 13.4. The maximum atomic E-state index is 12.3. The number of nitrogens with zero attached hydrogens (tertiary/aromatic N) is 2. The highest BCUT2D eigenvalue weighted by Gasteiger charge is 2.05. The van der Waals surface area contributed by atoms with E-state index in [4.69, 9.17) is 10.1 Å². The van der Waals surface area contributed by atoms with Crippen molar-refractivity contribution in [3.63, 3.8) is 0 Å². The third kappa shape index (κ3) is 5.75. The van der Waals surface area contributed by atoms with Crippen LogP contribution in [0.2, 0.25) is 0 Å². The zero-order valence-electron chi connectivity index (χ0n) is 16.6. The topological polar surface area (TPSA) is 103 Å². The highest BCUT2D eigenvalue weighted by atomic mass is 16.5. The second-order valence-corrected chi connectivity index (χ2v) is 6.42. The molecular weight excluding hydrogens is 378 g/mol. The Labute approximate surface area is 175 Å². The number of nitrogens with one attached hydrogen (secondary N) is 3. The maximum absolute atomic E-state index is 12.3. The molecule has 3 rings (SSSR count). The molecule has 0 aliphatic rings. The van der Waals surface area contributed by atoms with E-state index < -0.39 is 0 Å². The van der Waals surface area contributed by atoms with Crippen molar-refractivity contribution < 1.29 is 9.53 Å². The van der Waals surface area contributed by atoms with Crippen LogP contribution in [-0.4, -0.2) is 35.2 Å². The monoisotopic (exact) mass is 401 g/mol. The van der Waals surface area contributed by atoms with Gasteiger partial charge in [0, 0.05) is 60.6 Å². The molecule has 0 saturated carbocycles. The Balaban J connectivity index is 1.59. The van der Waals surface area contributed by atoms with Crippen molar-refractivity contribution in [3.8, 4) is 11.3 Å². The zero-order valence-corrected chi connectivity index (χ0v) is 16.6. The molecule has 0 saturated heterocycles. The summed E-state index contributed by atoms with van der Waals surface area (Å²) in [4.78, 5) is 23.6. The molecule has 0 unspecified atom stereocenters.